The molecule has 0 radical (unpaired) electrons. The van der Waals surface area contributed by atoms with Crippen molar-refractivity contribution in [1.82, 2.24) is 5.32 Å². The van der Waals surface area contributed by atoms with E-state index < -0.39 is 0 Å². The molecule has 0 spiro atoms. The van der Waals surface area contributed by atoms with Crippen molar-refractivity contribution in [2.24, 2.45) is 0 Å². The van der Waals surface area contributed by atoms with Crippen LogP contribution in [0.3, 0.4) is 0 Å². The lowest BCUT2D eigenvalue weighted by Gasteiger charge is -2.20. The first kappa shape index (κ1) is 15.9. The summed E-state index contributed by atoms with van der Waals surface area (Å²) in [5.74, 6) is -0.532. The van der Waals surface area contributed by atoms with Crippen LogP contribution in [0, 0.1) is 0 Å². The Morgan fingerprint density at radius 3 is 2.15 bits per heavy atom. The Labute approximate surface area is 119 Å². The van der Waals surface area contributed by atoms with Gasteiger partial charge in [-0.2, -0.15) is 0 Å². The van der Waals surface area contributed by atoms with Crippen LogP contribution in [0.5, 0.6) is 0 Å². The number of hydrogen-bond donors (Lipinski definition) is 1. The molecule has 0 saturated carbocycles. The third-order valence-electron chi connectivity index (χ3n) is 2.80. The van der Waals surface area contributed by atoms with Gasteiger partial charge in [0.15, 0.2) is 0 Å². The van der Waals surface area contributed by atoms with Crippen LogP contribution in [-0.2, 0) is 9.59 Å². The highest BCUT2D eigenvalue weighted by Gasteiger charge is 2.16. The molecule has 108 valence electrons. The molecular formula is C15H20N2O3. The molecule has 1 aromatic carbocycles. The van der Waals surface area contributed by atoms with Gasteiger partial charge in [0.1, 0.15) is 5.78 Å². The molecule has 0 bridgehead atoms. The maximum absolute atomic E-state index is 11.9. The highest BCUT2D eigenvalue weighted by atomic mass is 16.2. The minimum atomic E-state index is -0.231. The average Bonchev–Trinajstić information content (AvgIpc) is 2.39. The van der Waals surface area contributed by atoms with E-state index in [0.717, 1.165) is 0 Å². The van der Waals surface area contributed by atoms with Crippen LogP contribution in [0.25, 0.3) is 0 Å². The Hall–Kier alpha value is -2.17. The molecule has 0 heterocycles. The Morgan fingerprint density at radius 2 is 1.70 bits per heavy atom. The van der Waals surface area contributed by atoms with E-state index in [-0.39, 0.29) is 24.0 Å². The monoisotopic (exact) mass is 276 g/mol. The van der Waals surface area contributed by atoms with E-state index in [1.807, 2.05) is 13.8 Å². The molecular weight excluding hydrogens is 256 g/mol. The van der Waals surface area contributed by atoms with Crippen LogP contribution in [0.2, 0.25) is 0 Å². The molecule has 20 heavy (non-hydrogen) atoms. The number of carbonyl (C=O) groups is 3. The number of ketones is 1. The molecule has 0 unspecified atom stereocenters. The number of rotatable bonds is 6. The van der Waals surface area contributed by atoms with Crippen molar-refractivity contribution >= 4 is 23.3 Å². The fourth-order valence-corrected chi connectivity index (χ4v) is 1.87. The molecule has 0 fully saturated rings. The topological polar surface area (TPSA) is 66.5 Å². The Morgan fingerprint density at radius 1 is 1.10 bits per heavy atom. The summed E-state index contributed by atoms with van der Waals surface area (Å²) >= 11 is 0. The summed E-state index contributed by atoms with van der Waals surface area (Å²) < 4.78 is 0. The van der Waals surface area contributed by atoms with Crippen LogP contribution in [0.4, 0.5) is 5.69 Å². The minimum Gasteiger partial charge on any atom is -0.352 e. The first-order valence-electron chi connectivity index (χ1n) is 6.67. The molecule has 0 saturated heterocycles. The second-order valence-corrected chi connectivity index (χ2v) is 4.42. The van der Waals surface area contributed by atoms with Crippen LogP contribution in [0.1, 0.15) is 37.6 Å². The standard InChI is InChI=1S/C15H20N2O3/c1-4-16-15(20)12-6-8-13(9-7-12)17(5-2)14(19)10-11(3)18/h6-9H,4-5,10H2,1-3H3,(H,16,20). The first-order valence-corrected chi connectivity index (χ1v) is 6.67. The van der Waals surface area contributed by atoms with Crippen molar-refractivity contribution in [3.05, 3.63) is 29.8 Å². The molecule has 1 rings (SSSR count). The van der Waals surface area contributed by atoms with Crippen molar-refractivity contribution < 1.29 is 14.4 Å². The minimum absolute atomic E-state index is 0.105. The van der Waals surface area contributed by atoms with E-state index in [4.69, 9.17) is 0 Å². The van der Waals surface area contributed by atoms with Gasteiger partial charge in [-0.05, 0) is 45.0 Å². The summed E-state index contributed by atoms with van der Waals surface area (Å²) in [4.78, 5) is 36.1. The van der Waals surface area contributed by atoms with Gasteiger partial charge >= 0.3 is 0 Å². The second-order valence-electron chi connectivity index (χ2n) is 4.42. The van der Waals surface area contributed by atoms with Gasteiger partial charge in [0.05, 0.1) is 6.42 Å². The molecule has 1 N–H and O–H groups in total. The Balaban J connectivity index is 2.87. The van der Waals surface area contributed by atoms with Gasteiger partial charge in [0, 0.05) is 24.3 Å². The summed E-state index contributed by atoms with van der Waals surface area (Å²) in [6.07, 6.45) is -0.105. The lowest BCUT2D eigenvalue weighted by atomic mass is 10.1. The number of benzene rings is 1. The number of anilines is 1. The molecule has 2 amide bonds. The number of Topliss-reactive ketones (excluding diaryl/α,β-unsaturated/α-hetero) is 1. The molecule has 0 aliphatic carbocycles. The van der Waals surface area contributed by atoms with Gasteiger partial charge in [0.25, 0.3) is 5.91 Å². The fraction of sp³-hybridized carbons (Fsp3) is 0.400. The zero-order valence-corrected chi connectivity index (χ0v) is 12.1. The highest BCUT2D eigenvalue weighted by molar-refractivity contribution is 6.05. The Bertz CT molecular complexity index is 494. The number of amides is 2. The largest absolute Gasteiger partial charge is 0.352 e. The maximum Gasteiger partial charge on any atom is 0.251 e. The summed E-state index contributed by atoms with van der Waals surface area (Å²) in [7, 11) is 0. The molecule has 0 aromatic heterocycles. The van der Waals surface area contributed by atoms with Gasteiger partial charge in [-0.15, -0.1) is 0 Å². The van der Waals surface area contributed by atoms with Crippen molar-refractivity contribution in [2.75, 3.05) is 18.0 Å². The SMILES string of the molecule is CCNC(=O)c1ccc(N(CC)C(=O)CC(C)=O)cc1. The quantitative estimate of drug-likeness (QED) is 0.805. The van der Waals surface area contributed by atoms with Gasteiger partial charge < -0.3 is 10.2 Å². The molecule has 0 aliphatic heterocycles. The maximum atomic E-state index is 11.9. The fourth-order valence-electron chi connectivity index (χ4n) is 1.87. The van der Waals surface area contributed by atoms with Gasteiger partial charge in [-0.1, -0.05) is 0 Å². The number of nitrogens with zero attached hydrogens (tertiary/aromatic N) is 1. The van der Waals surface area contributed by atoms with Crippen molar-refractivity contribution in [1.29, 1.82) is 0 Å². The predicted octanol–water partition coefficient (Wildman–Crippen LogP) is 1.77. The van der Waals surface area contributed by atoms with E-state index in [1.165, 1.54) is 11.8 Å². The smallest absolute Gasteiger partial charge is 0.251 e. The zero-order chi connectivity index (χ0) is 15.1. The van der Waals surface area contributed by atoms with E-state index in [0.29, 0.717) is 24.3 Å². The second kappa shape index (κ2) is 7.43. The van der Waals surface area contributed by atoms with E-state index in [9.17, 15) is 14.4 Å². The van der Waals surface area contributed by atoms with Crippen molar-refractivity contribution in [3.63, 3.8) is 0 Å². The molecule has 0 aliphatic rings. The van der Waals surface area contributed by atoms with Crippen LogP contribution < -0.4 is 10.2 Å². The van der Waals surface area contributed by atoms with E-state index >= 15 is 0 Å². The summed E-state index contributed by atoms with van der Waals surface area (Å²) in [5, 5.41) is 2.71. The number of hydrogen-bond acceptors (Lipinski definition) is 3. The average molecular weight is 276 g/mol. The lowest BCUT2D eigenvalue weighted by molar-refractivity contribution is -0.125. The zero-order valence-electron chi connectivity index (χ0n) is 12.1. The molecule has 0 atom stereocenters. The summed E-state index contributed by atoms with van der Waals surface area (Å²) in [5.41, 5.74) is 1.23. The Kier molecular flexibility index (Phi) is 5.90. The summed E-state index contributed by atoms with van der Waals surface area (Å²) in [6, 6.07) is 6.77. The third kappa shape index (κ3) is 4.19. The van der Waals surface area contributed by atoms with Crippen molar-refractivity contribution in [3.8, 4) is 0 Å². The van der Waals surface area contributed by atoms with E-state index in [2.05, 4.69) is 5.32 Å². The lowest BCUT2D eigenvalue weighted by Crippen LogP contribution is -2.31. The van der Waals surface area contributed by atoms with Gasteiger partial charge in [-0.25, -0.2) is 0 Å². The molecule has 5 heteroatoms. The highest BCUT2D eigenvalue weighted by Crippen LogP contribution is 2.16. The van der Waals surface area contributed by atoms with Crippen LogP contribution in [-0.4, -0.2) is 30.7 Å². The van der Waals surface area contributed by atoms with Gasteiger partial charge in [0.2, 0.25) is 5.91 Å². The van der Waals surface area contributed by atoms with E-state index in [1.54, 1.807) is 24.3 Å². The molecule has 5 nitrogen and oxygen atoms in total. The first-order chi connectivity index (χ1) is 9.49. The summed E-state index contributed by atoms with van der Waals surface area (Å²) in [6.45, 7) is 6.14. The number of nitrogens with one attached hydrogen (secondary N) is 1. The third-order valence-corrected chi connectivity index (χ3v) is 2.80. The van der Waals surface area contributed by atoms with Gasteiger partial charge in [-0.3, -0.25) is 14.4 Å². The molecule has 1 aromatic rings. The van der Waals surface area contributed by atoms with Crippen LogP contribution in [0.15, 0.2) is 24.3 Å². The normalized spacial score (nSPS) is 9.95. The van der Waals surface area contributed by atoms with Crippen LogP contribution >= 0.6 is 0 Å². The number of carbonyl (C=O) groups excluding carboxylic acids is 3. The predicted molar refractivity (Wildman–Crippen MR) is 77.8 cm³/mol. The van der Waals surface area contributed by atoms with Crippen molar-refractivity contribution in [2.45, 2.75) is 27.2 Å².